The molecule has 0 radical (unpaired) electrons. The third-order valence-electron chi connectivity index (χ3n) is 30.0. The largest absolute Gasteiger partial charge is 0.378 e. The summed E-state index contributed by atoms with van der Waals surface area (Å²) in [4.78, 5) is 18.2. The number of anilines is 5. The topological polar surface area (TPSA) is 260 Å². The fraction of sp³-hybridized carbons (Fsp3) is 0.593. The number of hydrogen-bond acceptors (Lipinski definition) is 20. The predicted octanol–water partition coefficient (Wildman–Crippen LogP) is 15.3. The first-order valence-corrected chi connectivity index (χ1v) is 61.5. The van der Waals surface area contributed by atoms with Gasteiger partial charge in [-0.05, 0) is 279 Å². The molecule has 3 aliphatic carbocycles. The summed E-state index contributed by atoms with van der Waals surface area (Å²) >= 11 is 6.44. The van der Waals surface area contributed by atoms with Crippen molar-refractivity contribution in [3.8, 4) is 0 Å². The number of para-hydroxylation sites is 1. The highest BCUT2D eigenvalue weighted by molar-refractivity contribution is 7.90. The van der Waals surface area contributed by atoms with E-state index in [1.165, 1.54) is 129 Å². The lowest BCUT2D eigenvalue weighted by molar-refractivity contribution is 0.187. The van der Waals surface area contributed by atoms with Crippen LogP contribution in [0, 0.1) is 31.6 Å². The van der Waals surface area contributed by atoms with E-state index >= 15 is 0 Å². The van der Waals surface area contributed by atoms with Gasteiger partial charge in [0, 0.05) is 229 Å². The van der Waals surface area contributed by atoms with Crippen LogP contribution in [0.1, 0.15) is 158 Å². The van der Waals surface area contributed by atoms with Crippen molar-refractivity contribution in [2.24, 2.45) is 17.8 Å². The molecule has 9 aliphatic rings. The zero-order valence-electron chi connectivity index (χ0n) is 87.1. The molecule has 6 aromatic rings. The molecular weight excluding hydrogens is 1960 g/mol. The lowest BCUT2D eigenvalue weighted by Gasteiger charge is -2.38. The lowest BCUT2D eigenvalue weighted by Crippen LogP contribution is -2.54. The van der Waals surface area contributed by atoms with E-state index in [0.29, 0.717) is 176 Å². The quantitative estimate of drug-likeness (QED) is 0.0510. The molecule has 36 heteroatoms. The van der Waals surface area contributed by atoms with Gasteiger partial charge in [0.05, 0.1) is 25.4 Å². The van der Waals surface area contributed by atoms with Gasteiger partial charge in [-0.1, -0.05) is 155 Å². The molecule has 144 heavy (non-hydrogen) atoms. The molecule has 0 N–H and O–H groups in total. The lowest BCUT2D eigenvalue weighted by atomic mass is 9.89. The number of hydrogen-bond donors (Lipinski definition) is 0. The maximum absolute atomic E-state index is 14.2. The minimum atomic E-state index is -3.84. The molecule has 5 saturated heterocycles. The average molecular weight is 2120 g/mol. The van der Waals surface area contributed by atoms with Gasteiger partial charge in [-0.15, -0.1) is 0 Å². The third-order valence-corrected chi connectivity index (χ3v) is 41.8. The van der Waals surface area contributed by atoms with Crippen molar-refractivity contribution in [1.29, 1.82) is 0 Å². The third kappa shape index (κ3) is 31.7. The predicted molar refractivity (Wildman–Crippen MR) is 590 cm³/mol. The molecule has 0 atom stereocenters. The Kier molecular flexibility index (Phi) is 42.3. The Morgan fingerprint density at radius 3 is 0.896 bits per heavy atom. The van der Waals surface area contributed by atoms with Crippen LogP contribution in [0.4, 0.5) is 28.4 Å². The summed E-state index contributed by atoms with van der Waals surface area (Å²) in [7, 11) is -11.4. The standard InChI is InChI=1S/C37H55N5O4S2.C36H56N6O4S2.C35H53ClN6O4S2/c1-31-12-14-34(15-13-31)35-20-26-40(27-21-35)48(45,46)42-25-9-23-39(30-33-10-6-5-7-11-33)22-8-24-41(28-32(2)29-42)47(43,44)37-18-16-36(17-19-37)38(3)4;1-31-12-14-35(15-13-31)39-24-26-40(27-25-39)48(45,46)42-23-9-21-38(30-33-10-6-5-7-11-33)20-8-22-41(28-32(2)29-42)47(43,44)36-18-16-34(17-19-36)37(3)4;1-30-27-41(47(43,44)33-17-15-32(16-18-33)37(2)3)21-9-19-38(29-31-11-5-4-6-12-31)20-10-22-42(28-30)48(45,46)40-25-23-39(24-26-40)35-14-8-7-13-34(35)36/h12-20,33H,2,5-11,21-30H2,1,3-4H3;12-19,33H,2,5-11,20-30H2,1,3-4H3;7-8,13-18,31H,1,4-6,9-12,19-29H2,2-3H3. The highest BCUT2D eigenvalue weighted by atomic mass is 35.5. The first-order chi connectivity index (χ1) is 68.8. The summed E-state index contributed by atoms with van der Waals surface area (Å²) < 4.78 is 183. The molecule has 0 unspecified atom stereocenters. The van der Waals surface area contributed by atoms with Crippen molar-refractivity contribution in [1.82, 2.24) is 53.4 Å². The number of piperazine rings is 2. The number of benzene rings is 6. The molecule has 3 saturated carbocycles. The first kappa shape index (κ1) is 114. The molecule has 0 bridgehead atoms. The van der Waals surface area contributed by atoms with Gasteiger partial charge in [0.15, 0.2) is 0 Å². The molecule has 0 spiro atoms. The maximum atomic E-state index is 14.2. The highest BCUT2D eigenvalue weighted by Crippen LogP contribution is 2.36. The minimum Gasteiger partial charge on any atom is -0.378 e. The van der Waals surface area contributed by atoms with E-state index in [0.717, 1.165) is 111 Å². The van der Waals surface area contributed by atoms with E-state index in [-0.39, 0.29) is 54.0 Å². The van der Waals surface area contributed by atoms with Crippen molar-refractivity contribution in [2.75, 3.05) is 270 Å². The molecule has 0 aromatic heterocycles. The van der Waals surface area contributed by atoms with Crippen molar-refractivity contribution in [2.45, 2.75) is 170 Å². The van der Waals surface area contributed by atoms with E-state index in [2.05, 4.69) is 107 Å². The fourth-order valence-corrected chi connectivity index (χ4v) is 31.3. The van der Waals surface area contributed by atoms with E-state index < -0.39 is 60.7 Å². The van der Waals surface area contributed by atoms with Crippen LogP contribution in [0.3, 0.4) is 0 Å². The van der Waals surface area contributed by atoms with Crippen molar-refractivity contribution >= 4 is 106 Å². The number of aryl methyl sites for hydroxylation is 2. The molecule has 8 fully saturated rings. The summed E-state index contributed by atoms with van der Waals surface area (Å²) in [5.74, 6) is 1.92. The van der Waals surface area contributed by atoms with Crippen LogP contribution in [0.25, 0.3) is 5.57 Å². The summed E-state index contributed by atoms with van der Waals surface area (Å²) in [6, 6.07) is 45.2. The van der Waals surface area contributed by atoms with Gasteiger partial charge in [0.2, 0.25) is 30.1 Å². The normalized spacial score (nSPS) is 21.4. The van der Waals surface area contributed by atoms with Gasteiger partial charge in [0.1, 0.15) is 0 Å². The molecule has 6 aliphatic heterocycles. The second kappa shape index (κ2) is 53.5. The van der Waals surface area contributed by atoms with Crippen LogP contribution >= 0.6 is 11.6 Å². The summed E-state index contributed by atoms with van der Waals surface area (Å²) in [6.07, 6.45) is 25.8. The maximum Gasteiger partial charge on any atom is 0.282 e. The molecular formula is C108H164ClN17O12S6. The Balaban J connectivity index is 0.000000181. The van der Waals surface area contributed by atoms with Crippen molar-refractivity contribution in [3.05, 3.63) is 210 Å². The average Bonchev–Trinajstić information content (AvgIpc) is 0.801. The SMILES string of the molecule is C=C1CN(S(=O)(=O)c2ccc(N(C)C)cc2)CCCN(CC2CCCCC2)CCCN(S(=O)(=O)N2CC=C(c3ccc(C)cc3)CC2)C1.C=C1CN(S(=O)(=O)c2ccc(N(C)C)cc2)CCCN(CC2CCCCC2)CCCN(S(=O)(=O)N2CCN(c3ccc(C)cc3)CC2)C1.C=C1CN(S(=O)(=O)c2ccc(N(C)C)cc2)CCCN(CC2CCCCC2)CCCN(S(=O)(=O)N2CCN(c3ccccc3Cl)CC2)C1. The number of halogens is 1. The fourth-order valence-electron chi connectivity index (χ4n) is 21.6. The first-order valence-electron chi connectivity index (χ1n) is 52.6. The number of rotatable bonds is 24. The smallest absolute Gasteiger partial charge is 0.282 e. The van der Waals surface area contributed by atoms with Gasteiger partial charge in [-0.25, -0.2) is 25.3 Å². The minimum absolute atomic E-state index is 0.0622. The molecule has 6 heterocycles. The Hall–Kier alpha value is -7.21. The molecule has 0 amide bonds. The monoisotopic (exact) mass is 2120 g/mol. The molecule has 6 aromatic carbocycles. The van der Waals surface area contributed by atoms with E-state index in [1.54, 1.807) is 53.6 Å². The summed E-state index contributed by atoms with van der Waals surface area (Å²) in [6.45, 7) is 31.5. The van der Waals surface area contributed by atoms with Crippen LogP contribution in [0.2, 0.25) is 5.02 Å². The number of nitrogens with zero attached hydrogens (tertiary/aromatic N) is 17. The van der Waals surface area contributed by atoms with Crippen molar-refractivity contribution < 1.29 is 50.5 Å². The molecule has 796 valence electrons. The van der Waals surface area contributed by atoms with Gasteiger partial charge in [-0.3, -0.25) is 0 Å². The van der Waals surface area contributed by atoms with Crippen LogP contribution < -0.4 is 24.5 Å². The van der Waals surface area contributed by atoms with E-state index in [1.807, 2.05) is 124 Å². The Morgan fingerprint density at radius 1 is 0.299 bits per heavy atom. The Labute approximate surface area is 870 Å². The van der Waals surface area contributed by atoms with Gasteiger partial charge >= 0.3 is 0 Å². The van der Waals surface area contributed by atoms with Crippen LogP contribution in [0.15, 0.2) is 203 Å². The molecule has 29 nitrogen and oxygen atoms in total. The second-order valence-electron chi connectivity index (χ2n) is 41.8. The Bertz CT molecular complexity index is 5880. The summed E-state index contributed by atoms with van der Waals surface area (Å²) in [5.41, 5.74) is 11.2. The van der Waals surface area contributed by atoms with Crippen LogP contribution in [-0.4, -0.2) is 349 Å². The second-order valence-corrected chi connectivity index (χ2v) is 53.8. The summed E-state index contributed by atoms with van der Waals surface area (Å²) in [5, 5.41) is 0.652. The zero-order valence-corrected chi connectivity index (χ0v) is 92.7. The highest BCUT2D eigenvalue weighted by Gasteiger charge is 2.40. The Morgan fingerprint density at radius 2 is 0.590 bits per heavy atom. The zero-order chi connectivity index (χ0) is 103. The van der Waals surface area contributed by atoms with Crippen LogP contribution in [-0.2, 0) is 60.7 Å². The van der Waals surface area contributed by atoms with Crippen molar-refractivity contribution in [3.63, 3.8) is 0 Å². The van der Waals surface area contributed by atoms with Gasteiger partial charge in [-0.2, -0.15) is 64.0 Å². The van der Waals surface area contributed by atoms with Crippen LogP contribution in [0.5, 0.6) is 0 Å². The molecule has 15 rings (SSSR count). The van der Waals surface area contributed by atoms with Gasteiger partial charge in [0.25, 0.3) is 30.6 Å². The number of sulfonamides is 3. The van der Waals surface area contributed by atoms with Gasteiger partial charge < -0.3 is 39.2 Å². The van der Waals surface area contributed by atoms with E-state index in [4.69, 9.17) is 11.6 Å². The van der Waals surface area contributed by atoms with E-state index in [9.17, 15) is 50.5 Å².